The number of aromatic nitrogens is 1. The van der Waals surface area contributed by atoms with Crippen molar-refractivity contribution in [1.82, 2.24) is 0 Å². The highest BCUT2D eigenvalue weighted by atomic mass is 14.9. The van der Waals surface area contributed by atoms with E-state index >= 15 is 0 Å². The molecule has 0 aliphatic heterocycles. The highest BCUT2D eigenvalue weighted by Gasteiger charge is 2.08. The summed E-state index contributed by atoms with van der Waals surface area (Å²) >= 11 is 0. The Morgan fingerprint density at radius 3 is 0.974 bits per heavy atom. The Labute approximate surface area is 247 Å². The number of pyridine rings is 1. The van der Waals surface area contributed by atoms with E-state index in [-0.39, 0.29) is 0 Å². The highest BCUT2D eigenvalue weighted by molar-refractivity contribution is 5.15. The molecule has 1 nitrogen and oxygen atoms in total. The normalized spacial score (nSPS) is 11.5. The van der Waals surface area contributed by atoms with Gasteiger partial charge in [-0.3, -0.25) is 0 Å². The molecular formula is C38H72N+. The third kappa shape index (κ3) is 23.5. The van der Waals surface area contributed by atoms with Crippen LogP contribution in [0.5, 0.6) is 0 Å². The summed E-state index contributed by atoms with van der Waals surface area (Å²) in [6.45, 7) is 8.13. The number of hydrogen-bond acceptors (Lipinski definition) is 0. The predicted octanol–water partition coefficient (Wildman–Crippen LogP) is 12.7. The monoisotopic (exact) mass is 543 g/mol. The summed E-state index contributed by atoms with van der Waals surface area (Å²) < 4.78 is 2.53. The summed E-state index contributed by atoms with van der Waals surface area (Å²) in [6.07, 6.45) is 45.9. The first-order valence-corrected chi connectivity index (χ1v) is 18.3. The van der Waals surface area contributed by atoms with Gasteiger partial charge in [0.15, 0.2) is 12.4 Å². The molecule has 0 radical (unpaired) electrons. The van der Waals surface area contributed by atoms with E-state index in [2.05, 4.69) is 43.8 Å². The number of unbranched alkanes of at least 4 members (excludes halogenated alkanes) is 24. The van der Waals surface area contributed by atoms with E-state index in [4.69, 9.17) is 0 Å². The van der Waals surface area contributed by atoms with Crippen LogP contribution in [0.3, 0.4) is 0 Å². The molecule has 0 atom stereocenters. The van der Waals surface area contributed by atoms with Crippen LogP contribution in [0.4, 0.5) is 0 Å². The zero-order chi connectivity index (χ0) is 28.1. The van der Waals surface area contributed by atoms with E-state index in [0.717, 1.165) is 0 Å². The quantitative estimate of drug-likeness (QED) is 0.0672. The molecule has 0 aliphatic carbocycles. The fourth-order valence-electron chi connectivity index (χ4n) is 6.06. The van der Waals surface area contributed by atoms with E-state index in [1.165, 1.54) is 193 Å². The summed E-state index contributed by atoms with van der Waals surface area (Å²) in [4.78, 5) is 0. The fourth-order valence-corrected chi connectivity index (χ4v) is 6.06. The summed E-state index contributed by atoms with van der Waals surface area (Å²) in [5, 5.41) is 0. The second kappa shape index (κ2) is 28.7. The lowest BCUT2D eigenvalue weighted by molar-refractivity contribution is -0.698. The van der Waals surface area contributed by atoms with E-state index in [9.17, 15) is 0 Å². The first kappa shape index (κ1) is 36.2. The van der Waals surface area contributed by atoms with Crippen LogP contribution in [0, 0.1) is 0 Å². The summed E-state index contributed by atoms with van der Waals surface area (Å²) in [5.41, 5.74) is 3.19. The van der Waals surface area contributed by atoms with Crippen LogP contribution in [0.15, 0.2) is 18.5 Å². The smallest absolute Gasteiger partial charge is 0.171 e. The Hall–Kier alpha value is -0.850. The van der Waals surface area contributed by atoms with Crippen LogP contribution in [-0.2, 0) is 19.4 Å². The molecule has 1 rings (SSSR count). The van der Waals surface area contributed by atoms with Gasteiger partial charge in [0.25, 0.3) is 0 Å². The zero-order valence-corrected chi connectivity index (χ0v) is 27.4. The first-order chi connectivity index (χ1) is 19.3. The summed E-state index contributed by atoms with van der Waals surface area (Å²) in [5.74, 6) is 0. The Balaban J connectivity index is 2.21. The average molecular weight is 543 g/mol. The third-order valence-corrected chi connectivity index (χ3v) is 8.69. The molecule has 0 unspecified atom stereocenters. The lowest BCUT2D eigenvalue weighted by Gasteiger charge is -2.07. The van der Waals surface area contributed by atoms with Gasteiger partial charge < -0.3 is 0 Å². The van der Waals surface area contributed by atoms with Crippen molar-refractivity contribution in [3.63, 3.8) is 0 Å². The molecule has 228 valence electrons. The number of nitrogens with zero attached hydrogens (tertiary/aromatic N) is 1. The van der Waals surface area contributed by atoms with Crippen LogP contribution < -0.4 is 4.57 Å². The van der Waals surface area contributed by atoms with Gasteiger partial charge in [-0.2, -0.15) is 0 Å². The van der Waals surface area contributed by atoms with Gasteiger partial charge in [-0.15, -0.1) is 0 Å². The van der Waals surface area contributed by atoms with Crippen molar-refractivity contribution in [3.8, 4) is 0 Å². The van der Waals surface area contributed by atoms with Crippen LogP contribution in [0.25, 0.3) is 0 Å². The fraction of sp³-hybridized carbons (Fsp3) is 0.868. The van der Waals surface area contributed by atoms with Crippen molar-refractivity contribution < 1.29 is 4.57 Å². The molecule has 1 heteroatoms. The Morgan fingerprint density at radius 1 is 0.359 bits per heavy atom. The molecular weight excluding hydrogens is 470 g/mol. The van der Waals surface area contributed by atoms with Gasteiger partial charge in [-0.05, 0) is 38.2 Å². The van der Waals surface area contributed by atoms with E-state index in [1.807, 2.05) is 0 Å². The highest BCUT2D eigenvalue weighted by Crippen LogP contribution is 2.16. The van der Waals surface area contributed by atoms with Crippen molar-refractivity contribution in [1.29, 1.82) is 0 Å². The van der Waals surface area contributed by atoms with Gasteiger partial charge in [-0.25, -0.2) is 4.57 Å². The van der Waals surface area contributed by atoms with Crippen molar-refractivity contribution in [3.05, 3.63) is 29.6 Å². The molecule has 1 heterocycles. The molecule has 0 saturated carbocycles. The van der Waals surface area contributed by atoms with Crippen molar-refractivity contribution in [2.24, 2.45) is 0 Å². The van der Waals surface area contributed by atoms with Gasteiger partial charge in [0.2, 0.25) is 0 Å². The molecule has 0 fully saturated rings. The molecule has 0 saturated heterocycles. The first-order valence-electron chi connectivity index (χ1n) is 18.3. The molecule has 1 aromatic rings. The minimum absolute atomic E-state index is 1.20. The zero-order valence-electron chi connectivity index (χ0n) is 27.4. The Morgan fingerprint density at radius 2 is 0.641 bits per heavy atom. The van der Waals surface area contributed by atoms with E-state index < -0.39 is 0 Å². The van der Waals surface area contributed by atoms with Gasteiger partial charge in [0.05, 0.1) is 0 Å². The molecule has 0 spiro atoms. The number of hydrogen-bond donors (Lipinski definition) is 0. The predicted molar refractivity (Wildman–Crippen MR) is 176 cm³/mol. The largest absolute Gasteiger partial charge is 0.205 e. The standard InChI is InChI=1S/C38H72N/c1-4-7-10-12-14-16-18-20-22-24-26-28-31-37-34-38(36-39(35-37)33-30-9-6-3)32-29-27-25-23-21-19-17-15-13-11-8-5-2/h34-36H,4-33H2,1-3H3/q+1. The summed E-state index contributed by atoms with van der Waals surface area (Å²) in [6, 6.07) is 2.55. The molecule has 0 amide bonds. The van der Waals surface area contributed by atoms with Gasteiger partial charge in [0, 0.05) is 17.5 Å². The molecule has 0 N–H and O–H groups in total. The van der Waals surface area contributed by atoms with Gasteiger partial charge in [-0.1, -0.05) is 168 Å². The molecule has 0 aromatic carbocycles. The number of aryl methyl sites for hydroxylation is 3. The Kier molecular flexibility index (Phi) is 26.6. The molecule has 1 aromatic heterocycles. The average Bonchev–Trinajstić information content (AvgIpc) is 2.94. The third-order valence-electron chi connectivity index (χ3n) is 8.69. The van der Waals surface area contributed by atoms with Crippen LogP contribution in [0.2, 0.25) is 0 Å². The van der Waals surface area contributed by atoms with Crippen molar-refractivity contribution in [2.45, 2.75) is 214 Å². The van der Waals surface area contributed by atoms with Crippen molar-refractivity contribution in [2.75, 3.05) is 0 Å². The second-order valence-electron chi connectivity index (χ2n) is 12.8. The maximum absolute atomic E-state index is 2.55. The maximum Gasteiger partial charge on any atom is 0.171 e. The number of rotatable bonds is 30. The van der Waals surface area contributed by atoms with Crippen LogP contribution >= 0.6 is 0 Å². The molecule has 39 heavy (non-hydrogen) atoms. The van der Waals surface area contributed by atoms with Crippen molar-refractivity contribution >= 4 is 0 Å². The van der Waals surface area contributed by atoms with Gasteiger partial charge >= 0.3 is 0 Å². The van der Waals surface area contributed by atoms with E-state index in [0.29, 0.717) is 0 Å². The lowest BCUT2D eigenvalue weighted by Crippen LogP contribution is -2.34. The lowest BCUT2D eigenvalue weighted by atomic mass is 10.0. The topological polar surface area (TPSA) is 3.88 Å². The minimum Gasteiger partial charge on any atom is -0.205 e. The van der Waals surface area contributed by atoms with Crippen LogP contribution in [0.1, 0.15) is 205 Å². The molecule has 0 bridgehead atoms. The second-order valence-corrected chi connectivity index (χ2v) is 12.8. The van der Waals surface area contributed by atoms with Gasteiger partial charge in [0.1, 0.15) is 6.54 Å². The minimum atomic E-state index is 1.20. The van der Waals surface area contributed by atoms with E-state index in [1.54, 1.807) is 11.1 Å². The Bertz CT molecular complexity index is 575. The van der Waals surface area contributed by atoms with Crippen LogP contribution in [-0.4, -0.2) is 0 Å². The summed E-state index contributed by atoms with van der Waals surface area (Å²) in [7, 11) is 0. The maximum atomic E-state index is 2.55. The SMILES string of the molecule is CCCCCCCCCCCCCCc1cc(CCCCCCCCCCCCCC)c[n+](CCCCC)c1. The molecule has 0 aliphatic rings.